The molecule has 2 heterocycles. The van der Waals surface area contributed by atoms with Gasteiger partial charge in [-0.1, -0.05) is 24.3 Å². The molecule has 144 valence electrons. The molecule has 6 heteroatoms. The van der Waals surface area contributed by atoms with Crippen molar-refractivity contribution in [1.82, 2.24) is 10.2 Å². The summed E-state index contributed by atoms with van der Waals surface area (Å²) in [6, 6.07) is 12.0. The van der Waals surface area contributed by atoms with Gasteiger partial charge in [-0.05, 0) is 42.3 Å². The van der Waals surface area contributed by atoms with E-state index in [0.717, 1.165) is 13.1 Å². The number of benzene rings is 1. The summed E-state index contributed by atoms with van der Waals surface area (Å²) in [5, 5.41) is 4.75. The Morgan fingerprint density at radius 2 is 1.93 bits per heavy atom. The van der Waals surface area contributed by atoms with Crippen molar-refractivity contribution < 1.29 is 9.59 Å². The van der Waals surface area contributed by atoms with Crippen molar-refractivity contribution in [1.29, 1.82) is 0 Å². The molecule has 1 aromatic heterocycles. The van der Waals surface area contributed by atoms with E-state index in [1.807, 2.05) is 24.6 Å². The Labute approximate surface area is 165 Å². The fraction of sp³-hybridized carbons (Fsp3) is 0.429. The lowest BCUT2D eigenvalue weighted by molar-refractivity contribution is -0.130. The molecule has 1 saturated heterocycles. The van der Waals surface area contributed by atoms with Crippen LogP contribution in [0.25, 0.3) is 0 Å². The van der Waals surface area contributed by atoms with Gasteiger partial charge >= 0.3 is 0 Å². The molecule has 0 unspecified atom stereocenters. The molecule has 27 heavy (non-hydrogen) atoms. The van der Waals surface area contributed by atoms with Crippen LogP contribution in [-0.4, -0.2) is 43.4 Å². The summed E-state index contributed by atoms with van der Waals surface area (Å²) in [5.74, 6) is 0.0435. The zero-order chi connectivity index (χ0) is 19.1. The van der Waals surface area contributed by atoms with E-state index in [1.165, 1.54) is 35.4 Å². The van der Waals surface area contributed by atoms with E-state index in [2.05, 4.69) is 28.4 Å². The van der Waals surface area contributed by atoms with Crippen LogP contribution < -0.4 is 10.2 Å². The van der Waals surface area contributed by atoms with Crippen molar-refractivity contribution in [3.05, 3.63) is 52.2 Å². The highest BCUT2D eigenvalue weighted by Gasteiger charge is 2.17. The van der Waals surface area contributed by atoms with Gasteiger partial charge in [-0.3, -0.25) is 9.59 Å². The number of nitrogens with one attached hydrogen (secondary N) is 1. The predicted octanol–water partition coefficient (Wildman–Crippen LogP) is 3.52. The second-order valence-electron chi connectivity index (χ2n) is 6.91. The van der Waals surface area contributed by atoms with Crippen LogP contribution in [0.1, 0.15) is 40.9 Å². The van der Waals surface area contributed by atoms with Crippen LogP contribution in [0.5, 0.6) is 0 Å². The van der Waals surface area contributed by atoms with Gasteiger partial charge in [0.15, 0.2) is 0 Å². The second-order valence-corrected chi connectivity index (χ2v) is 7.86. The molecular formula is C21H27N3O2S. The van der Waals surface area contributed by atoms with Crippen LogP contribution in [0.15, 0.2) is 41.8 Å². The molecule has 0 saturated carbocycles. The van der Waals surface area contributed by atoms with Gasteiger partial charge in [-0.25, -0.2) is 0 Å². The second kappa shape index (κ2) is 9.55. The Morgan fingerprint density at radius 1 is 1.15 bits per heavy atom. The number of amides is 2. The van der Waals surface area contributed by atoms with E-state index in [-0.39, 0.29) is 11.8 Å². The van der Waals surface area contributed by atoms with E-state index in [1.54, 1.807) is 11.0 Å². The van der Waals surface area contributed by atoms with Crippen molar-refractivity contribution in [2.24, 2.45) is 0 Å². The molecule has 5 nitrogen and oxygen atoms in total. The van der Waals surface area contributed by atoms with E-state index >= 15 is 0 Å². The zero-order valence-corrected chi connectivity index (χ0v) is 16.6. The maximum Gasteiger partial charge on any atom is 0.261 e. The SMILES string of the molecule is CN(Cc1ccccc1N1CCCC1)C(=O)CCCNC(=O)c1cccs1. The fourth-order valence-electron chi connectivity index (χ4n) is 3.38. The number of thiophene rings is 1. The van der Waals surface area contributed by atoms with E-state index in [9.17, 15) is 9.59 Å². The number of carbonyl (C=O) groups excluding carboxylic acids is 2. The van der Waals surface area contributed by atoms with Gasteiger partial charge in [0.1, 0.15) is 0 Å². The largest absolute Gasteiger partial charge is 0.371 e. The summed E-state index contributed by atoms with van der Waals surface area (Å²) in [4.78, 5) is 29.2. The number of para-hydroxylation sites is 1. The Bertz CT molecular complexity index is 755. The summed E-state index contributed by atoms with van der Waals surface area (Å²) >= 11 is 1.42. The number of hydrogen-bond acceptors (Lipinski definition) is 4. The van der Waals surface area contributed by atoms with Gasteiger partial charge in [0.25, 0.3) is 5.91 Å². The van der Waals surface area contributed by atoms with Crippen molar-refractivity contribution >= 4 is 28.8 Å². The Morgan fingerprint density at radius 3 is 2.67 bits per heavy atom. The summed E-state index contributed by atoms with van der Waals surface area (Å²) in [7, 11) is 1.85. The molecule has 1 aliphatic rings. The molecule has 0 spiro atoms. The molecule has 0 radical (unpaired) electrons. The molecule has 1 N–H and O–H groups in total. The molecule has 1 aromatic carbocycles. The standard InChI is InChI=1S/C21H27N3O2S/c1-23(16-17-8-2-3-9-18(17)24-13-4-5-14-24)20(25)11-6-12-22-21(26)19-10-7-15-27-19/h2-3,7-10,15H,4-6,11-14,16H2,1H3,(H,22,26). The third kappa shape index (κ3) is 5.32. The van der Waals surface area contributed by atoms with Crippen LogP contribution in [0.3, 0.4) is 0 Å². The third-order valence-electron chi connectivity index (χ3n) is 4.87. The zero-order valence-electron chi connectivity index (χ0n) is 15.8. The number of anilines is 1. The van der Waals surface area contributed by atoms with Crippen molar-refractivity contribution in [2.75, 3.05) is 31.6 Å². The summed E-state index contributed by atoms with van der Waals surface area (Å²) < 4.78 is 0. The molecule has 2 amide bonds. The van der Waals surface area contributed by atoms with Crippen LogP contribution in [-0.2, 0) is 11.3 Å². The molecule has 0 aliphatic carbocycles. The van der Waals surface area contributed by atoms with Gasteiger partial charge in [0, 0.05) is 45.3 Å². The first-order valence-corrected chi connectivity index (χ1v) is 10.4. The van der Waals surface area contributed by atoms with E-state index in [0.29, 0.717) is 30.8 Å². The lowest BCUT2D eigenvalue weighted by atomic mass is 10.1. The van der Waals surface area contributed by atoms with Gasteiger partial charge in [0.05, 0.1) is 4.88 Å². The molecule has 2 aromatic rings. The van der Waals surface area contributed by atoms with Crippen LogP contribution in [0.4, 0.5) is 5.69 Å². The highest BCUT2D eigenvalue weighted by molar-refractivity contribution is 7.12. The molecule has 1 aliphatic heterocycles. The summed E-state index contributed by atoms with van der Waals surface area (Å²) in [6.45, 7) is 3.32. The Hall–Kier alpha value is -2.34. The normalized spacial score (nSPS) is 13.6. The molecule has 3 rings (SSSR count). The lowest BCUT2D eigenvalue weighted by Crippen LogP contribution is -2.29. The lowest BCUT2D eigenvalue weighted by Gasteiger charge is -2.24. The smallest absolute Gasteiger partial charge is 0.261 e. The number of rotatable bonds is 8. The Kier molecular flexibility index (Phi) is 6.87. The number of nitrogens with zero attached hydrogens (tertiary/aromatic N) is 2. The maximum atomic E-state index is 12.5. The first-order chi connectivity index (χ1) is 13.1. The van der Waals surface area contributed by atoms with Crippen molar-refractivity contribution in [2.45, 2.75) is 32.2 Å². The fourth-order valence-corrected chi connectivity index (χ4v) is 4.02. The maximum absolute atomic E-state index is 12.5. The molecular weight excluding hydrogens is 358 g/mol. The van der Waals surface area contributed by atoms with E-state index < -0.39 is 0 Å². The van der Waals surface area contributed by atoms with Crippen LogP contribution in [0.2, 0.25) is 0 Å². The molecule has 1 fully saturated rings. The summed E-state index contributed by atoms with van der Waals surface area (Å²) in [5.41, 5.74) is 2.44. The van der Waals surface area contributed by atoms with Gasteiger partial charge in [-0.15, -0.1) is 11.3 Å². The highest BCUT2D eigenvalue weighted by atomic mass is 32.1. The predicted molar refractivity (Wildman–Crippen MR) is 110 cm³/mol. The minimum atomic E-state index is -0.0645. The highest BCUT2D eigenvalue weighted by Crippen LogP contribution is 2.25. The molecule has 0 bridgehead atoms. The minimum Gasteiger partial charge on any atom is -0.371 e. The van der Waals surface area contributed by atoms with Crippen molar-refractivity contribution in [3.8, 4) is 0 Å². The first kappa shape index (κ1) is 19.4. The first-order valence-electron chi connectivity index (χ1n) is 9.53. The minimum absolute atomic E-state index is 0.0645. The van der Waals surface area contributed by atoms with Crippen LogP contribution >= 0.6 is 11.3 Å². The third-order valence-corrected chi connectivity index (χ3v) is 5.74. The van der Waals surface area contributed by atoms with Crippen LogP contribution in [0, 0.1) is 0 Å². The monoisotopic (exact) mass is 385 g/mol. The Balaban J connectivity index is 1.45. The van der Waals surface area contributed by atoms with Crippen molar-refractivity contribution in [3.63, 3.8) is 0 Å². The number of carbonyl (C=O) groups is 2. The molecule has 0 atom stereocenters. The average Bonchev–Trinajstić information content (AvgIpc) is 3.39. The topological polar surface area (TPSA) is 52.6 Å². The quantitative estimate of drug-likeness (QED) is 0.708. The van der Waals surface area contributed by atoms with Gasteiger partial charge in [0.2, 0.25) is 5.91 Å². The summed E-state index contributed by atoms with van der Waals surface area (Å²) in [6.07, 6.45) is 3.56. The average molecular weight is 386 g/mol. The van der Waals surface area contributed by atoms with E-state index in [4.69, 9.17) is 0 Å². The van der Waals surface area contributed by atoms with Gasteiger partial charge < -0.3 is 15.1 Å². The van der Waals surface area contributed by atoms with Gasteiger partial charge in [-0.2, -0.15) is 0 Å². The number of hydrogen-bond donors (Lipinski definition) is 1.